The minimum atomic E-state index is -0.980. The number of carbonyl (C=O) groups excluding carboxylic acids is 3. The van der Waals surface area contributed by atoms with Crippen LogP contribution in [0.1, 0.15) is 27.6 Å². The lowest BCUT2D eigenvalue weighted by atomic mass is 10.2. The molecule has 0 unspecified atom stereocenters. The van der Waals surface area contributed by atoms with E-state index in [4.69, 9.17) is 21.1 Å². The van der Waals surface area contributed by atoms with Gasteiger partial charge in [-0.05, 0) is 49.4 Å². The summed E-state index contributed by atoms with van der Waals surface area (Å²) in [4.78, 5) is 35.1. The van der Waals surface area contributed by atoms with Gasteiger partial charge in [0.05, 0.1) is 17.7 Å². The monoisotopic (exact) mass is 379 g/mol. The van der Waals surface area contributed by atoms with Gasteiger partial charge in [-0.15, -0.1) is 0 Å². The summed E-state index contributed by atoms with van der Waals surface area (Å²) in [5, 5.41) is 2.63. The minimum absolute atomic E-state index is 0.142. The van der Waals surface area contributed by atoms with Crippen LogP contribution in [-0.2, 0) is 14.3 Å². The van der Waals surface area contributed by atoms with Crippen LogP contribution in [0.25, 0.3) is 0 Å². The molecule has 0 aromatic heterocycles. The van der Waals surface area contributed by atoms with Crippen molar-refractivity contribution in [3.63, 3.8) is 0 Å². The first kappa shape index (κ1) is 19.4. The SMILES string of the molecule is CCOC(=O)c1ccc(NC(=O)COC(=O)c2ccc(Cl)cc2F)cc1. The number of amides is 1. The maximum absolute atomic E-state index is 13.6. The van der Waals surface area contributed by atoms with Crippen molar-refractivity contribution in [3.05, 3.63) is 64.4 Å². The maximum Gasteiger partial charge on any atom is 0.341 e. The standard InChI is InChI=1S/C18H15ClFNO5/c1-2-25-17(23)11-3-6-13(7-4-11)21-16(22)10-26-18(24)14-8-5-12(19)9-15(14)20/h3-9H,2,10H2,1H3,(H,21,22). The van der Waals surface area contributed by atoms with Crippen LogP contribution in [0.2, 0.25) is 5.02 Å². The number of halogens is 2. The highest BCUT2D eigenvalue weighted by atomic mass is 35.5. The number of anilines is 1. The van der Waals surface area contributed by atoms with Gasteiger partial charge >= 0.3 is 11.9 Å². The molecule has 0 heterocycles. The number of rotatable bonds is 6. The van der Waals surface area contributed by atoms with Crippen molar-refractivity contribution in [2.24, 2.45) is 0 Å². The van der Waals surface area contributed by atoms with Crippen LogP contribution in [0, 0.1) is 5.82 Å². The Balaban J connectivity index is 1.88. The van der Waals surface area contributed by atoms with Crippen molar-refractivity contribution in [1.29, 1.82) is 0 Å². The van der Waals surface area contributed by atoms with E-state index in [0.29, 0.717) is 11.3 Å². The van der Waals surface area contributed by atoms with Gasteiger partial charge in [0.1, 0.15) is 5.82 Å². The Kier molecular flexibility index (Phi) is 6.68. The van der Waals surface area contributed by atoms with Gasteiger partial charge in [0.2, 0.25) is 0 Å². The van der Waals surface area contributed by atoms with E-state index in [0.717, 1.165) is 6.07 Å². The number of benzene rings is 2. The number of carbonyl (C=O) groups is 3. The summed E-state index contributed by atoms with van der Waals surface area (Å²) in [7, 11) is 0. The predicted molar refractivity (Wildman–Crippen MR) is 92.7 cm³/mol. The Morgan fingerprint density at radius 2 is 1.73 bits per heavy atom. The first-order valence-electron chi connectivity index (χ1n) is 7.60. The fourth-order valence-corrected chi connectivity index (χ4v) is 2.12. The maximum atomic E-state index is 13.6. The van der Waals surface area contributed by atoms with Crippen LogP contribution in [0.15, 0.2) is 42.5 Å². The van der Waals surface area contributed by atoms with Crippen molar-refractivity contribution in [1.82, 2.24) is 0 Å². The first-order valence-corrected chi connectivity index (χ1v) is 7.97. The summed E-state index contributed by atoms with van der Waals surface area (Å²) < 4.78 is 23.2. The Morgan fingerprint density at radius 1 is 1.04 bits per heavy atom. The fraction of sp³-hybridized carbons (Fsp3) is 0.167. The van der Waals surface area contributed by atoms with Gasteiger partial charge in [-0.3, -0.25) is 4.79 Å². The van der Waals surface area contributed by atoms with Gasteiger partial charge in [0.25, 0.3) is 5.91 Å². The van der Waals surface area contributed by atoms with Gasteiger partial charge in [0, 0.05) is 10.7 Å². The number of hydrogen-bond donors (Lipinski definition) is 1. The zero-order valence-corrected chi connectivity index (χ0v) is 14.5. The molecular weight excluding hydrogens is 365 g/mol. The summed E-state index contributed by atoms with van der Waals surface area (Å²) in [5.41, 5.74) is 0.423. The molecule has 1 amide bonds. The molecule has 0 saturated heterocycles. The molecule has 136 valence electrons. The third-order valence-electron chi connectivity index (χ3n) is 3.17. The molecule has 26 heavy (non-hydrogen) atoms. The molecule has 0 aliphatic heterocycles. The highest BCUT2D eigenvalue weighted by Crippen LogP contribution is 2.15. The zero-order valence-electron chi connectivity index (χ0n) is 13.8. The molecule has 1 N–H and O–H groups in total. The van der Waals surface area contributed by atoms with Crippen molar-refractivity contribution < 1.29 is 28.2 Å². The highest BCUT2D eigenvalue weighted by Gasteiger charge is 2.15. The number of ether oxygens (including phenoxy) is 2. The molecule has 0 fully saturated rings. The Hall–Kier alpha value is -2.93. The van der Waals surface area contributed by atoms with E-state index < -0.39 is 30.3 Å². The first-order chi connectivity index (χ1) is 12.4. The van der Waals surface area contributed by atoms with Gasteiger partial charge in [0.15, 0.2) is 6.61 Å². The Bertz CT molecular complexity index is 823. The quantitative estimate of drug-likeness (QED) is 0.777. The third kappa shape index (κ3) is 5.29. The lowest BCUT2D eigenvalue weighted by molar-refractivity contribution is -0.119. The molecule has 0 atom stereocenters. The molecule has 0 spiro atoms. The van der Waals surface area contributed by atoms with Crippen LogP contribution in [0.3, 0.4) is 0 Å². The van der Waals surface area contributed by atoms with Crippen molar-refractivity contribution in [3.8, 4) is 0 Å². The van der Waals surface area contributed by atoms with Crippen LogP contribution in [0.5, 0.6) is 0 Å². The number of hydrogen-bond acceptors (Lipinski definition) is 5. The molecular formula is C18H15ClFNO5. The average molecular weight is 380 g/mol. The highest BCUT2D eigenvalue weighted by molar-refractivity contribution is 6.30. The summed E-state index contributed by atoms with van der Waals surface area (Å²) in [6, 6.07) is 9.48. The minimum Gasteiger partial charge on any atom is -0.462 e. The van der Waals surface area contributed by atoms with Crippen molar-refractivity contribution >= 4 is 35.1 Å². The van der Waals surface area contributed by atoms with Crippen LogP contribution < -0.4 is 5.32 Å². The van der Waals surface area contributed by atoms with Crippen molar-refractivity contribution in [2.75, 3.05) is 18.5 Å². The fourth-order valence-electron chi connectivity index (χ4n) is 1.97. The smallest absolute Gasteiger partial charge is 0.341 e. The summed E-state index contributed by atoms with van der Waals surface area (Å²) in [6.45, 7) is 1.36. The van der Waals surface area contributed by atoms with E-state index in [-0.39, 0.29) is 17.2 Å². The van der Waals surface area contributed by atoms with Gasteiger partial charge in [-0.2, -0.15) is 0 Å². The third-order valence-corrected chi connectivity index (χ3v) is 3.40. The van der Waals surface area contributed by atoms with E-state index in [2.05, 4.69) is 5.32 Å². The van der Waals surface area contributed by atoms with E-state index in [1.807, 2.05) is 0 Å². The largest absolute Gasteiger partial charge is 0.462 e. The topological polar surface area (TPSA) is 81.7 Å². The normalized spacial score (nSPS) is 10.1. The molecule has 2 rings (SSSR count). The molecule has 2 aromatic carbocycles. The van der Waals surface area contributed by atoms with Gasteiger partial charge in [-0.25, -0.2) is 14.0 Å². The lowest BCUT2D eigenvalue weighted by Crippen LogP contribution is -2.21. The number of esters is 2. The predicted octanol–water partition coefficient (Wildman–Crippen LogP) is 3.45. The number of nitrogens with one attached hydrogen (secondary N) is 1. The van der Waals surface area contributed by atoms with Crippen LogP contribution in [-0.4, -0.2) is 31.1 Å². The van der Waals surface area contributed by atoms with Crippen molar-refractivity contribution in [2.45, 2.75) is 6.92 Å². The van der Waals surface area contributed by atoms with Gasteiger partial charge < -0.3 is 14.8 Å². The van der Waals surface area contributed by atoms with E-state index in [1.165, 1.54) is 36.4 Å². The average Bonchev–Trinajstić information content (AvgIpc) is 2.60. The molecule has 2 aromatic rings. The second-order valence-corrected chi connectivity index (χ2v) is 5.48. The molecule has 0 bridgehead atoms. The second kappa shape index (κ2) is 8.96. The van der Waals surface area contributed by atoms with E-state index in [1.54, 1.807) is 6.92 Å². The molecule has 6 nitrogen and oxygen atoms in total. The zero-order chi connectivity index (χ0) is 19.1. The molecule has 0 radical (unpaired) electrons. The molecule has 0 aliphatic carbocycles. The Labute approximate surface area is 153 Å². The molecule has 0 saturated carbocycles. The summed E-state index contributed by atoms with van der Waals surface area (Å²) in [6.07, 6.45) is 0. The lowest BCUT2D eigenvalue weighted by Gasteiger charge is -2.08. The summed E-state index contributed by atoms with van der Waals surface area (Å²) >= 11 is 5.60. The Morgan fingerprint density at radius 3 is 2.35 bits per heavy atom. The molecule has 8 heteroatoms. The van der Waals surface area contributed by atoms with Crippen LogP contribution in [0.4, 0.5) is 10.1 Å². The van der Waals surface area contributed by atoms with Gasteiger partial charge in [-0.1, -0.05) is 11.6 Å². The van der Waals surface area contributed by atoms with E-state index >= 15 is 0 Å². The summed E-state index contributed by atoms with van der Waals surface area (Å²) in [5.74, 6) is -2.90. The van der Waals surface area contributed by atoms with Crippen LogP contribution >= 0.6 is 11.6 Å². The van der Waals surface area contributed by atoms with E-state index in [9.17, 15) is 18.8 Å². The second-order valence-electron chi connectivity index (χ2n) is 5.05. The molecule has 0 aliphatic rings.